The first-order valence-corrected chi connectivity index (χ1v) is 3.74. The number of carbonyl (C=O) groups excluding carboxylic acids is 1. The molecule has 0 aliphatic carbocycles. The third-order valence-corrected chi connectivity index (χ3v) is 1.94. The summed E-state index contributed by atoms with van der Waals surface area (Å²) in [6.07, 6.45) is 0.960. The number of carbonyl (C=O) groups is 1. The molecular weight excluding hydrogens is 152 g/mol. The summed E-state index contributed by atoms with van der Waals surface area (Å²) >= 11 is 0. The Labute approximate surface area is 71.4 Å². The average molecular weight is 164 g/mol. The molecule has 0 radical (unpaired) electrons. The molecule has 1 aromatic rings. The van der Waals surface area contributed by atoms with Crippen molar-refractivity contribution in [1.29, 1.82) is 0 Å². The maximum absolute atomic E-state index is 11.2. The number of hydrogen-bond donors (Lipinski definition) is 2. The van der Waals surface area contributed by atoms with Gasteiger partial charge in [0, 0.05) is 12.1 Å². The van der Waals surface area contributed by atoms with Gasteiger partial charge in [0.1, 0.15) is 0 Å². The van der Waals surface area contributed by atoms with E-state index in [4.69, 9.17) is 0 Å². The zero-order valence-corrected chi connectivity index (χ0v) is 6.84. The van der Waals surface area contributed by atoms with Crippen molar-refractivity contribution in [3.05, 3.63) is 35.4 Å². The molecule has 1 aromatic carbocycles. The summed E-state index contributed by atoms with van der Waals surface area (Å²) in [7, 11) is 0. The maximum Gasteiger partial charge on any atom is 0.251 e. The number of nitrogens with one attached hydrogen (secondary N) is 1. The van der Waals surface area contributed by atoms with Crippen LogP contribution >= 0.6 is 0 Å². The van der Waals surface area contributed by atoms with E-state index in [9.17, 15) is 4.79 Å². The van der Waals surface area contributed by atoms with Crippen LogP contribution in [0.2, 0.25) is 0 Å². The molecule has 64 valence electrons. The van der Waals surface area contributed by atoms with Crippen LogP contribution in [0.4, 0.5) is 0 Å². The molecule has 1 aliphatic rings. The van der Waals surface area contributed by atoms with Crippen LogP contribution in [0.3, 0.4) is 0 Å². The summed E-state index contributed by atoms with van der Waals surface area (Å²) in [4.78, 5) is 11.2. The molecular formula is C9H12N2O. The first-order chi connectivity index (χ1) is 5.38. The highest BCUT2D eigenvalue weighted by atomic mass is 16.1. The van der Waals surface area contributed by atoms with Gasteiger partial charge in [0.25, 0.3) is 5.91 Å². The monoisotopic (exact) mass is 164 g/mol. The van der Waals surface area contributed by atoms with E-state index in [-0.39, 0.29) is 12.1 Å². The van der Waals surface area contributed by atoms with Crippen molar-refractivity contribution >= 4 is 5.91 Å². The van der Waals surface area contributed by atoms with E-state index < -0.39 is 0 Å². The summed E-state index contributed by atoms with van der Waals surface area (Å²) in [6, 6.07) is 7.74. The van der Waals surface area contributed by atoms with Gasteiger partial charge in [-0.1, -0.05) is 18.2 Å². The van der Waals surface area contributed by atoms with Gasteiger partial charge in [-0.2, -0.15) is 0 Å². The van der Waals surface area contributed by atoms with Gasteiger partial charge in [0.15, 0.2) is 0 Å². The van der Waals surface area contributed by atoms with Crippen LogP contribution in [0, 0.1) is 0 Å². The normalized spacial score (nSPS) is 14.2. The molecule has 0 fully saturated rings. The number of rotatable bonds is 0. The molecule has 4 N–H and O–H groups in total. The smallest absolute Gasteiger partial charge is 0.251 e. The average Bonchev–Trinajstić information content (AvgIpc) is 2.06. The summed E-state index contributed by atoms with van der Waals surface area (Å²) in [5.41, 5.74) is 2.00. The molecule has 1 heterocycles. The molecule has 12 heavy (non-hydrogen) atoms. The van der Waals surface area contributed by atoms with Crippen molar-refractivity contribution in [3.63, 3.8) is 0 Å². The minimum absolute atomic E-state index is 0. The predicted octanol–water partition coefficient (Wildman–Crippen LogP) is 1.13. The Hall–Kier alpha value is -1.35. The Morgan fingerprint density at radius 2 is 2.00 bits per heavy atom. The number of benzene rings is 1. The van der Waals surface area contributed by atoms with E-state index in [0.29, 0.717) is 0 Å². The molecule has 0 spiro atoms. The van der Waals surface area contributed by atoms with E-state index in [1.54, 1.807) is 0 Å². The van der Waals surface area contributed by atoms with Crippen LogP contribution in [-0.4, -0.2) is 12.5 Å². The van der Waals surface area contributed by atoms with E-state index in [2.05, 4.69) is 5.32 Å². The molecule has 0 saturated heterocycles. The Bertz CT molecular complexity index is 296. The zero-order chi connectivity index (χ0) is 7.68. The van der Waals surface area contributed by atoms with Crippen molar-refractivity contribution in [2.45, 2.75) is 6.42 Å². The second-order valence-electron chi connectivity index (χ2n) is 2.66. The summed E-state index contributed by atoms with van der Waals surface area (Å²) in [5, 5.41) is 2.80. The van der Waals surface area contributed by atoms with E-state index in [1.807, 2.05) is 24.3 Å². The lowest BCUT2D eigenvalue weighted by Gasteiger charge is -2.15. The standard InChI is InChI=1S/C9H9NO.H3N/c11-9-8-4-2-1-3-7(8)5-6-10-9;/h1-4H,5-6H2,(H,10,11);1H3. The van der Waals surface area contributed by atoms with Crippen LogP contribution in [0.5, 0.6) is 0 Å². The minimum Gasteiger partial charge on any atom is -0.352 e. The van der Waals surface area contributed by atoms with Gasteiger partial charge in [-0.15, -0.1) is 0 Å². The Morgan fingerprint density at radius 3 is 2.75 bits per heavy atom. The van der Waals surface area contributed by atoms with E-state index in [0.717, 1.165) is 24.1 Å². The van der Waals surface area contributed by atoms with E-state index >= 15 is 0 Å². The fraction of sp³-hybridized carbons (Fsp3) is 0.222. The molecule has 0 aromatic heterocycles. The SMILES string of the molecule is N.O=C1NCCc2ccccc21. The predicted molar refractivity (Wildman–Crippen MR) is 47.5 cm³/mol. The Morgan fingerprint density at radius 1 is 1.25 bits per heavy atom. The highest BCUT2D eigenvalue weighted by Crippen LogP contribution is 2.11. The first kappa shape index (κ1) is 8.74. The lowest BCUT2D eigenvalue weighted by Crippen LogP contribution is -2.31. The lowest BCUT2D eigenvalue weighted by molar-refractivity contribution is 0.0946. The summed E-state index contributed by atoms with van der Waals surface area (Å²) in [5.74, 6) is 0.0619. The maximum atomic E-state index is 11.2. The van der Waals surface area contributed by atoms with Crippen LogP contribution in [0.1, 0.15) is 15.9 Å². The highest BCUT2D eigenvalue weighted by molar-refractivity contribution is 5.96. The topological polar surface area (TPSA) is 64.1 Å². The van der Waals surface area contributed by atoms with Crippen molar-refractivity contribution in [2.75, 3.05) is 6.54 Å². The molecule has 0 bridgehead atoms. The van der Waals surface area contributed by atoms with Crippen molar-refractivity contribution < 1.29 is 4.79 Å². The molecule has 1 aliphatic heterocycles. The second kappa shape index (κ2) is 3.36. The van der Waals surface area contributed by atoms with Crippen molar-refractivity contribution in [3.8, 4) is 0 Å². The highest BCUT2D eigenvalue weighted by Gasteiger charge is 2.14. The van der Waals surface area contributed by atoms with Gasteiger partial charge < -0.3 is 11.5 Å². The van der Waals surface area contributed by atoms with Crippen LogP contribution in [0.25, 0.3) is 0 Å². The fourth-order valence-electron chi connectivity index (χ4n) is 1.37. The molecule has 2 rings (SSSR count). The molecule has 1 amide bonds. The summed E-state index contributed by atoms with van der Waals surface area (Å²) < 4.78 is 0. The fourth-order valence-corrected chi connectivity index (χ4v) is 1.37. The largest absolute Gasteiger partial charge is 0.352 e. The molecule has 0 unspecified atom stereocenters. The molecule has 3 heteroatoms. The van der Waals surface area contributed by atoms with Crippen molar-refractivity contribution in [2.24, 2.45) is 0 Å². The minimum atomic E-state index is 0. The van der Waals surface area contributed by atoms with Crippen LogP contribution in [-0.2, 0) is 6.42 Å². The third-order valence-electron chi connectivity index (χ3n) is 1.94. The number of fused-ring (bicyclic) bond motifs is 1. The first-order valence-electron chi connectivity index (χ1n) is 3.74. The molecule has 0 atom stereocenters. The lowest BCUT2D eigenvalue weighted by atomic mass is 10.0. The van der Waals surface area contributed by atoms with Gasteiger partial charge in [0.05, 0.1) is 0 Å². The van der Waals surface area contributed by atoms with Gasteiger partial charge in [-0.25, -0.2) is 0 Å². The quantitative estimate of drug-likeness (QED) is 0.603. The second-order valence-corrected chi connectivity index (χ2v) is 2.66. The van der Waals surface area contributed by atoms with Crippen molar-refractivity contribution in [1.82, 2.24) is 11.5 Å². The van der Waals surface area contributed by atoms with Crippen LogP contribution in [0.15, 0.2) is 24.3 Å². The van der Waals surface area contributed by atoms with Gasteiger partial charge in [0.2, 0.25) is 0 Å². The van der Waals surface area contributed by atoms with Gasteiger partial charge in [-0.3, -0.25) is 4.79 Å². The molecule has 0 saturated carbocycles. The Balaban J connectivity index is 0.000000720. The number of amides is 1. The summed E-state index contributed by atoms with van der Waals surface area (Å²) in [6.45, 7) is 0.774. The Kier molecular flexibility index (Phi) is 2.45. The van der Waals surface area contributed by atoms with Gasteiger partial charge in [-0.05, 0) is 18.1 Å². The third kappa shape index (κ3) is 1.31. The van der Waals surface area contributed by atoms with E-state index in [1.165, 1.54) is 0 Å². The van der Waals surface area contributed by atoms with Gasteiger partial charge >= 0.3 is 0 Å². The molecule has 3 nitrogen and oxygen atoms in total. The zero-order valence-electron chi connectivity index (χ0n) is 6.84. The van der Waals surface area contributed by atoms with Crippen LogP contribution < -0.4 is 11.5 Å². The number of hydrogen-bond acceptors (Lipinski definition) is 2.